The maximum absolute atomic E-state index is 12.3. The Morgan fingerprint density at radius 1 is 1.10 bits per heavy atom. The SMILES string of the molecule is COc1ccc(CNC(=O)Nc2ccc3c(c2)N(S(C)(=O)=O)CCC3)cc1OC. The van der Waals surface area contributed by atoms with Crippen LogP contribution >= 0.6 is 0 Å². The predicted molar refractivity (Wildman–Crippen MR) is 112 cm³/mol. The second kappa shape index (κ2) is 8.60. The number of ether oxygens (including phenoxy) is 2. The molecule has 3 rings (SSSR count). The van der Waals surface area contributed by atoms with Crippen LogP contribution in [0.25, 0.3) is 0 Å². The van der Waals surface area contributed by atoms with Gasteiger partial charge in [-0.1, -0.05) is 12.1 Å². The van der Waals surface area contributed by atoms with Crippen molar-refractivity contribution >= 4 is 27.4 Å². The summed E-state index contributed by atoms with van der Waals surface area (Å²) in [6.45, 7) is 0.743. The lowest BCUT2D eigenvalue weighted by Crippen LogP contribution is -2.34. The molecule has 1 heterocycles. The molecule has 0 bridgehead atoms. The standard InChI is InChI=1S/C20H25N3O5S/c1-27-18-9-6-14(11-19(18)28-2)13-21-20(24)22-16-8-7-15-5-4-10-23(17(15)12-16)29(3,25)26/h6-9,11-12H,4-5,10,13H2,1-3H3,(H2,21,22,24). The van der Waals surface area contributed by atoms with E-state index in [4.69, 9.17) is 9.47 Å². The summed E-state index contributed by atoms with van der Waals surface area (Å²) < 4.78 is 35.9. The van der Waals surface area contributed by atoms with Crippen LogP contribution in [0, 0.1) is 0 Å². The van der Waals surface area contributed by atoms with Crippen molar-refractivity contribution in [1.29, 1.82) is 0 Å². The summed E-state index contributed by atoms with van der Waals surface area (Å²) in [5.41, 5.74) is 2.96. The van der Waals surface area contributed by atoms with Crippen LogP contribution in [0.5, 0.6) is 11.5 Å². The Morgan fingerprint density at radius 3 is 2.55 bits per heavy atom. The third kappa shape index (κ3) is 4.92. The highest BCUT2D eigenvalue weighted by molar-refractivity contribution is 7.92. The first kappa shape index (κ1) is 20.8. The van der Waals surface area contributed by atoms with E-state index in [1.165, 1.54) is 10.6 Å². The zero-order valence-corrected chi connectivity index (χ0v) is 17.5. The van der Waals surface area contributed by atoms with Gasteiger partial charge in [0.2, 0.25) is 10.0 Å². The van der Waals surface area contributed by atoms with Gasteiger partial charge < -0.3 is 20.1 Å². The quantitative estimate of drug-likeness (QED) is 0.750. The van der Waals surface area contributed by atoms with Crippen LogP contribution in [0.4, 0.5) is 16.2 Å². The average molecular weight is 420 g/mol. The lowest BCUT2D eigenvalue weighted by molar-refractivity contribution is 0.251. The van der Waals surface area contributed by atoms with Crippen LogP contribution in [0.2, 0.25) is 0 Å². The maximum atomic E-state index is 12.3. The molecule has 2 N–H and O–H groups in total. The van der Waals surface area contributed by atoms with Gasteiger partial charge in [0.15, 0.2) is 11.5 Å². The summed E-state index contributed by atoms with van der Waals surface area (Å²) in [5.74, 6) is 1.20. The third-order valence-electron chi connectivity index (χ3n) is 4.72. The number of methoxy groups -OCH3 is 2. The van der Waals surface area contributed by atoms with Gasteiger partial charge in [-0.05, 0) is 48.2 Å². The second-order valence-electron chi connectivity index (χ2n) is 6.78. The van der Waals surface area contributed by atoms with Crippen LogP contribution in [0.1, 0.15) is 17.5 Å². The number of rotatable bonds is 6. The third-order valence-corrected chi connectivity index (χ3v) is 5.90. The molecule has 2 amide bonds. The molecule has 0 saturated heterocycles. The largest absolute Gasteiger partial charge is 0.493 e. The number of anilines is 2. The highest BCUT2D eigenvalue weighted by atomic mass is 32.2. The average Bonchev–Trinajstić information content (AvgIpc) is 2.70. The van der Waals surface area contributed by atoms with Crippen molar-refractivity contribution in [2.45, 2.75) is 19.4 Å². The van der Waals surface area contributed by atoms with E-state index in [2.05, 4.69) is 10.6 Å². The molecule has 0 aromatic heterocycles. The first-order chi connectivity index (χ1) is 13.8. The van der Waals surface area contributed by atoms with Crippen molar-refractivity contribution in [3.63, 3.8) is 0 Å². The molecule has 0 atom stereocenters. The first-order valence-corrected chi connectivity index (χ1v) is 11.0. The molecule has 0 saturated carbocycles. The monoisotopic (exact) mass is 419 g/mol. The maximum Gasteiger partial charge on any atom is 0.319 e. The van der Waals surface area contributed by atoms with Gasteiger partial charge in [-0.15, -0.1) is 0 Å². The molecule has 0 spiro atoms. The molecule has 9 heteroatoms. The molecule has 0 radical (unpaired) electrons. The Morgan fingerprint density at radius 2 is 1.86 bits per heavy atom. The highest BCUT2D eigenvalue weighted by Gasteiger charge is 2.24. The van der Waals surface area contributed by atoms with E-state index in [0.717, 1.165) is 24.0 Å². The fraction of sp³-hybridized carbons (Fsp3) is 0.350. The Labute approximate surface area is 170 Å². The van der Waals surface area contributed by atoms with Gasteiger partial charge in [0, 0.05) is 18.8 Å². The van der Waals surface area contributed by atoms with Gasteiger partial charge in [-0.2, -0.15) is 0 Å². The molecule has 0 unspecified atom stereocenters. The number of amides is 2. The number of urea groups is 1. The summed E-state index contributed by atoms with van der Waals surface area (Å²) in [6, 6.07) is 10.4. The summed E-state index contributed by atoms with van der Waals surface area (Å²) >= 11 is 0. The number of sulfonamides is 1. The molecule has 1 aliphatic heterocycles. The van der Waals surface area contributed by atoms with Crippen LogP contribution in [-0.2, 0) is 23.0 Å². The van der Waals surface area contributed by atoms with E-state index >= 15 is 0 Å². The van der Waals surface area contributed by atoms with Gasteiger partial charge >= 0.3 is 6.03 Å². The van der Waals surface area contributed by atoms with Crippen molar-refractivity contribution in [1.82, 2.24) is 5.32 Å². The van der Waals surface area contributed by atoms with Gasteiger partial charge in [0.1, 0.15) is 0 Å². The van der Waals surface area contributed by atoms with Gasteiger partial charge in [-0.25, -0.2) is 13.2 Å². The lowest BCUT2D eigenvalue weighted by atomic mass is 10.0. The van der Waals surface area contributed by atoms with E-state index in [0.29, 0.717) is 36.0 Å². The van der Waals surface area contributed by atoms with Crippen molar-refractivity contribution in [3.05, 3.63) is 47.5 Å². The van der Waals surface area contributed by atoms with Crippen LogP contribution in [0.3, 0.4) is 0 Å². The summed E-state index contributed by atoms with van der Waals surface area (Å²) in [5, 5.41) is 5.54. The normalized spacial score (nSPS) is 13.4. The van der Waals surface area contributed by atoms with Gasteiger partial charge in [0.05, 0.1) is 26.2 Å². The molecule has 1 aliphatic rings. The highest BCUT2D eigenvalue weighted by Crippen LogP contribution is 2.31. The number of hydrogen-bond donors (Lipinski definition) is 2. The number of nitrogens with zero attached hydrogens (tertiary/aromatic N) is 1. The number of benzene rings is 2. The molecule has 0 aliphatic carbocycles. The topological polar surface area (TPSA) is 97.0 Å². The number of hydrogen-bond acceptors (Lipinski definition) is 5. The molecule has 29 heavy (non-hydrogen) atoms. The molecule has 8 nitrogen and oxygen atoms in total. The van der Waals surface area contributed by atoms with Crippen molar-refractivity contribution in [2.24, 2.45) is 0 Å². The second-order valence-corrected chi connectivity index (χ2v) is 8.69. The fourth-order valence-corrected chi connectivity index (χ4v) is 4.30. The fourth-order valence-electron chi connectivity index (χ4n) is 3.31. The van der Waals surface area contributed by atoms with Gasteiger partial charge in [-0.3, -0.25) is 4.31 Å². The van der Waals surface area contributed by atoms with Crippen LogP contribution < -0.4 is 24.4 Å². The minimum Gasteiger partial charge on any atom is -0.493 e. The number of carbonyl (C=O) groups excluding carboxylic acids is 1. The van der Waals surface area contributed by atoms with Gasteiger partial charge in [0.25, 0.3) is 0 Å². The van der Waals surface area contributed by atoms with E-state index < -0.39 is 10.0 Å². The summed E-state index contributed by atoms with van der Waals surface area (Å²) in [4.78, 5) is 12.3. The van der Waals surface area contributed by atoms with E-state index in [1.807, 2.05) is 12.1 Å². The Hall–Kier alpha value is -2.94. The minimum atomic E-state index is -3.36. The molecule has 2 aromatic rings. The number of nitrogens with one attached hydrogen (secondary N) is 2. The lowest BCUT2D eigenvalue weighted by Gasteiger charge is -2.29. The molecular weight excluding hydrogens is 394 g/mol. The smallest absolute Gasteiger partial charge is 0.319 e. The predicted octanol–water partition coefficient (Wildman–Crippen LogP) is 2.74. The van der Waals surface area contributed by atoms with Crippen molar-refractivity contribution in [2.75, 3.05) is 36.6 Å². The van der Waals surface area contributed by atoms with E-state index in [9.17, 15) is 13.2 Å². The molecule has 156 valence electrons. The minimum absolute atomic E-state index is 0.298. The summed E-state index contributed by atoms with van der Waals surface area (Å²) in [7, 11) is -0.245. The Bertz CT molecular complexity index is 1010. The number of carbonyl (C=O) groups is 1. The zero-order valence-electron chi connectivity index (χ0n) is 16.7. The Kier molecular flexibility index (Phi) is 6.17. The molecule has 2 aromatic carbocycles. The first-order valence-electron chi connectivity index (χ1n) is 9.18. The number of fused-ring (bicyclic) bond motifs is 1. The molecular formula is C20H25N3O5S. The number of aryl methyl sites for hydroxylation is 1. The van der Waals surface area contributed by atoms with E-state index in [-0.39, 0.29) is 6.03 Å². The van der Waals surface area contributed by atoms with E-state index in [1.54, 1.807) is 38.5 Å². The van der Waals surface area contributed by atoms with Crippen molar-refractivity contribution < 1.29 is 22.7 Å². The van der Waals surface area contributed by atoms with Crippen molar-refractivity contribution in [3.8, 4) is 11.5 Å². The Balaban J connectivity index is 1.67. The van der Waals surface area contributed by atoms with Crippen LogP contribution in [-0.4, -0.2) is 41.5 Å². The summed E-state index contributed by atoms with van der Waals surface area (Å²) in [6.07, 6.45) is 2.78. The zero-order chi connectivity index (χ0) is 21.0. The van der Waals surface area contributed by atoms with Crippen LogP contribution in [0.15, 0.2) is 36.4 Å². The molecule has 0 fully saturated rings.